The Morgan fingerprint density at radius 3 is 1.92 bits per heavy atom. The second kappa shape index (κ2) is 7.32. The van der Waals surface area contributed by atoms with E-state index >= 15 is 0 Å². The number of hydrogen-bond acceptors (Lipinski definition) is 3. The molecule has 3 aromatic rings. The van der Waals surface area contributed by atoms with Crippen molar-refractivity contribution in [2.24, 2.45) is 0 Å². The maximum Gasteiger partial charge on any atom is 0.348 e. The van der Waals surface area contributed by atoms with Crippen LogP contribution in [0, 0.1) is 0 Å². The maximum atomic E-state index is 12.0. The summed E-state index contributed by atoms with van der Waals surface area (Å²) in [4.78, 5) is 13.5. The number of hydrogen-bond donors (Lipinski definition) is 0. The van der Waals surface area contributed by atoms with Crippen molar-refractivity contribution in [2.75, 3.05) is 7.11 Å². The highest BCUT2D eigenvalue weighted by Gasteiger charge is 2.20. The third-order valence-electron chi connectivity index (χ3n) is 3.96. The number of esters is 1. The van der Waals surface area contributed by atoms with Crippen LogP contribution in [0.3, 0.4) is 0 Å². The molecule has 0 spiro atoms. The molecule has 0 N–H and O–H groups in total. The fourth-order valence-electron chi connectivity index (χ4n) is 2.61. The van der Waals surface area contributed by atoms with E-state index in [1.807, 2.05) is 66.7 Å². The Kier molecular flexibility index (Phi) is 4.96. The minimum Gasteiger partial charge on any atom is -0.465 e. The summed E-state index contributed by atoms with van der Waals surface area (Å²) in [5.41, 5.74) is 4.67. The fraction of sp³-hybridized carbons (Fsp3) is 0.0455. The first kappa shape index (κ1) is 16.9. The number of carbonyl (C=O) groups excluding carboxylic acids is 1. The minimum absolute atomic E-state index is 0.348. The van der Waals surface area contributed by atoms with Crippen molar-refractivity contribution >= 4 is 28.5 Å². The van der Waals surface area contributed by atoms with E-state index < -0.39 is 0 Å². The van der Waals surface area contributed by atoms with Gasteiger partial charge in [0.05, 0.1) is 7.11 Å². The summed E-state index contributed by atoms with van der Waals surface area (Å²) in [5.74, 6) is -0.348. The van der Waals surface area contributed by atoms with Crippen molar-refractivity contribution in [2.45, 2.75) is 0 Å². The molecule has 0 saturated heterocycles. The zero-order valence-electron chi connectivity index (χ0n) is 14.0. The normalized spacial score (nSPS) is 10.3. The number of carbonyl (C=O) groups is 1. The Hall–Kier alpha value is -2.91. The first-order chi connectivity index (χ1) is 12.1. The van der Waals surface area contributed by atoms with E-state index in [1.54, 1.807) is 0 Å². The molecule has 25 heavy (non-hydrogen) atoms. The predicted octanol–water partition coefficient (Wildman–Crippen LogP) is 5.66. The van der Waals surface area contributed by atoms with Gasteiger partial charge in [0.1, 0.15) is 4.88 Å². The molecule has 0 aliphatic rings. The van der Waals surface area contributed by atoms with Crippen molar-refractivity contribution in [3.8, 4) is 0 Å². The van der Waals surface area contributed by atoms with Gasteiger partial charge < -0.3 is 4.74 Å². The van der Waals surface area contributed by atoms with Crippen LogP contribution < -0.4 is 0 Å². The number of benzene rings is 2. The Bertz CT molecular complexity index is 852. The number of methoxy groups -OCH3 is 1. The SMILES string of the molecule is C=C(c1ccccc1)c1cc(C(=O)OC)sc1C(=C)c1ccccc1. The van der Waals surface area contributed by atoms with Crippen LogP contribution in [0.1, 0.15) is 31.2 Å². The van der Waals surface area contributed by atoms with Gasteiger partial charge in [-0.1, -0.05) is 73.8 Å². The van der Waals surface area contributed by atoms with Gasteiger partial charge in [0.2, 0.25) is 0 Å². The van der Waals surface area contributed by atoms with E-state index in [0.29, 0.717) is 4.88 Å². The summed E-state index contributed by atoms with van der Waals surface area (Å²) in [6.07, 6.45) is 0. The van der Waals surface area contributed by atoms with Gasteiger partial charge in [0, 0.05) is 10.4 Å². The van der Waals surface area contributed by atoms with Gasteiger partial charge in [-0.3, -0.25) is 0 Å². The molecule has 0 aliphatic heterocycles. The van der Waals surface area contributed by atoms with Gasteiger partial charge in [-0.05, 0) is 28.3 Å². The van der Waals surface area contributed by atoms with E-state index in [0.717, 1.165) is 32.7 Å². The van der Waals surface area contributed by atoms with E-state index in [2.05, 4.69) is 13.2 Å². The summed E-state index contributed by atoms with van der Waals surface area (Å²) < 4.78 is 4.89. The highest BCUT2D eigenvalue weighted by molar-refractivity contribution is 7.15. The smallest absolute Gasteiger partial charge is 0.348 e. The van der Waals surface area contributed by atoms with Crippen molar-refractivity contribution in [1.82, 2.24) is 0 Å². The molecule has 0 aliphatic carbocycles. The molecule has 3 rings (SSSR count). The average molecular weight is 346 g/mol. The van der Waals surface area contributed by atoms with Gasteiger partial charge in [-0.15, -0.1) is 11.3 Å². The van der Waals surface area contributed by atoms with E-state index in [-0.39, 0.29) is 5.97 Å². The van der Waals surface area contributed by atoms with Crippen LogP contribution in [0.15, 0.2) is 79.9 Å². The third kappa shape index (κ3) is 3.47. The molecular formula is C22H18O2S. The average Bonchev–Trinajstić information content (AvgIpc) is 3.13. The van der Waals surface area contributed by atoms with Crippen molar-refractivity contribution < 1.29 is 9.53 Å². The first-order valence-electron chi connectivity index (χ1n) is 7.83. The standard InChI is InChI=1S/C22H18O2S/c1-15(17-10-6-4-7-11-17)19-14-20(22(23)24-3)25-21(19)16(2)18-12-8-5-9-13-18/h4-14H,1-2H2,3H3. The van der Waals surface area contributed by atoms with Gasteiger partial charge in [0.25, 0.3) is 0 Å². The molecular weight excluding hydrogens is 328 g/mol. The fourth-order valence-corrected chi connectivity index (χ4v) is 3.70. The molecule has 2 aromatic carbocycles. The van der Waals surface area contributed by atoms with Crippen LogP contribution in [0.5, 0.6) is 0 Å². The first-order valence-corrected chi connectivity index (χ1v) is 8.65. The van der Waals surface area contributed by atoms with Crippen molar-refractivity contribution in [1.29, 1.82) is 0 Å². The highest BCUT2D eigenvalue weighted by atomic mass is 32.1. The van der Waals surface area contributed by atoms with Gasteiger partial charge >= 0.3 is 5.97 Å². The zero-order chi connectivity index (χ0) is 17.8. The molecule has 0 bridgehead atoms. The van der Waals surface area contributed by atoms with Crippen molar-refractivity contribution in [3.63, 3.8) is 0 Å². The molecule has 3 heteroatoms. The number of rotatable bonds is 5. The highest BCUT2D eigenvalue weighted by Crippen LogP contribution is 2.38. The lowest BCUT2D eigenvalue weighted by Gasteiger charge is -2.10. The summed E-state index contributed by atoms with van der Waals surface area (Å²) in [6, 6.07) is 21.7. The molecule has 0 radical (unpaired) electrons. The maximum absolute atomic E-state index is 12.0. The van der Waals surface area contributed by atoms with Crippen LogP contribution in [0.25, 0.3) is 11.1 Å². The molecule has 1 heterocycles. The number of thiophene rings is 1. The Balaban J connectivity index is 2.10. The molecule has 124 valence electrons. The third-order valence-corrected chi connectivity index (χ3v) is 5.14. The summed E-state index contributed by atoms with van der Waals surface area (Å²) in [7, 11) is 1.39. The molecule has 1 aromatic heterocycles. The molecule has 0 atom stereocenters. The molecule has 2 nitrogen and oxygen atoms in total. The Morgan fingerprint density at radius 2 is 1.40 bits per heavy atom. The molecule has 0 unspecified atom stereocenters. The van der Waals surface area contributed by atoms with Crippen LogP contribution in [0.4, 0.5) is 0 Å². The van der Waals surface area contributed by atoms with Gasteiger partial charge in [-0.2, -0.15) is 0 Å². The predicted molar refractivity (Wildman–Crippen MR) is 105 cm³/mol. The minimum atomic E-state index is -0.348. The van der Waals surface area contributed by atoms with Crippen LogP contribution >= 0.6 is 11.3 Å². The molecule has 0 fully saturated rings. The molecule has 0 saturated carbocycles. The topological polar surface area (TPSA) is 26.3 Å². The van der Waals surface area contributed by atoms with E-state index in [4.69, 9.17) is 4.74 Å². The van der Waals surface area contributed by atoms with Crippen LogP contribution in [0.2, 0.25) is 0 Å². The summed E-state index contributed by atoms with van der Waals surface area (Å²) in [5, 5.41) is 0. The summed E-state index contributed by atoms with van der Waals surface area (Å²) >= 11 is 1.38. The Morgan fingerprint density at radius 1 is 0.880 bits per heavy atom. The zero-order valence-corrected chi connectivity index (χ0v) is 14.8. The Labute approximate surface area is 151 Å². The lowest BCUT2D eigenvalue weighted by Crippen LogP contribution is -1.97. The van der Waals surface area contributed by atoms with Crippen LogP contribution in [-0.2, 0) is 4.74 Å². The monoisotopic (exact) mass is 346 g/mol. The number of ether oxygens (including phenoxy) is 1. The lowest BCUT2D eigenvalue weighted by molar-refractivity contribution is 0.0606. The largest absolute Gasteiger partial charge is 0.465 e. The van der Waals surface area contributed by atoms with Gasteiger partial charge in [-0.25, -0.2) is 4.79 Å². The second-order valence-corrected chi connectivity index (χ2v) is 6.59. The van der Waals surface area contributed by atoms with E-state index in [1.165, 1.54) is 18.4 Å². The van der Waals surface area contributed by atoms with E-state index in [9.17, 15) is 4.79 Å². The quantitative estimate of drug-likeness (QED) is 0.557. The second-order valence-electron chi connectivity index (χ2n) is 5.53. The van der Waals surface area contributed by atoms with Crippen molar-refractivity contribution in [3.05, 3.63) is 106 Å². The van der Waals surface area contributed by atoms with Gasteiger partial charge in [0.15, 0.2) is 0 Å². The lowest BCUT2D eigenvalue weighted by atomic mass is 9.95. The molecule has 0 amide bonds. The van der Waals surface area contributed by atoms with Crippen LogP contribution in [-0.4, -0.2) is 13.1 Å². The summed E-state index contributed by atoms with van der Waals surface area (Å²) in [6.45, 7) is 8.49.